The number of hydrogen-bond donors (Lipinski definition) is 0. The van der Waals surface area contributed by atoms with E-state index in [0.29, 0.717) is 0 Å². The molecule has 1 nitrogen and oxygen atoms in total. The van der Waals surface area contributed by atoms with E-state index < -0.39 is 0 Å². The van der Waals surface area contributed by atoms with Gasteiger partial charge in [0.15, 0.2) is 0 Å². The topological polar surface area (TPSA) is 4.93 Å². The second-order valence-electron chi connectivity index (χ2n) is 16.4. The summed E-state index contributed by atoms with van der Waals surface area (Å²) in [6, 6.07) is 75.4. The maximum Gasteiger partial charge on any atom is 0.0553 e. The molecule has 270 valence electrons. The van der Waals surface area contributed by atoms with Crippen molar-refractivity contribution < 1.29 is 0 Å². The van der Waals surface area contributed by atoms with Crippen LogP contribution in [0.3, 0.4) is 0 Å². The molecular weight excluding hydrogens is 711 g/mol. The summed E-state index contributed by atoms with van der Waals surface area (Å²) in [4.78, 5) is 0. The lowest BCUT2D eigenvalue weighted by molar-refractivity contribution is 1.18. The van der Waals surface area contributed by atoms with E-state index in [1.807, 2.05) is 0 Å². The zero-order chi connectivity index (χ0) is 38.3. The van der Waals surface area contributed by atoms with Gasteiger partial charge in [-0.2, -0.15) is 0 Å². The fourth-order valence-electron chi connectivity index (χ4n) is 10.8. The summed E-state index contributed by atoms with van der Waals surface area (Å²) in [5.74, 6) is 0. The minimum absolute atomic E-state index is 1.17. The Morgan fingerprint density at radius 1 is 0.237 bits per heavy atom. The van der Waals surface area contributed by atoms with Gasteiger partial charge in [-0.1, -0.05) is 152 Å². The van der Waals surface area contributed by atoms with Crippen LogP contribution in [0.4, 0.5) is 0 Å². The zero-order valence-corrected chi connectivity index (χ0v) is 32.0. The Labute approximate surface area is 339 Å². The van der Waals surface area contributed by atoms with Gasteiger partial charge in [-0.3, -0.25) is 0 Å². The van der Waals surface area contributed by atoms with Gasteiger partial charge in [0.25, 0.3) is 0 Å². The average Bonchev–Trinajstić information content (AvgIpc) is 3.64. The number of para-hydroxylation sites is 1. The number of rotatable bonds is 4. The van der Waals surface area contributed by atoms with Crippen molar-refractivity contribution in [2.45, 2.75) is 0 Å². The smallest absolute Gasteiger partial charge is 0.0553 e. The molecule has 1 aromatic heterocycles. The predicted octanol–water partition coefficient (Wildman–Crippen LogP) is 16.2. The molecule has 13 aromatic carbocycles. The Bertz CT molecular complexity index is 3800. The van der Waals surface area contributed by atoms with E-state index >= 15 is 0 Å². The van der Waals surface area contributed by atoms with E-state index in [1.54, 1.807) is 0 Å². The molecule has 0 aliphatic rings. The van der Waals surface area contributed by atoms with Crippen molar-refractivity contribution in [2.75, 3.05) is 0 Å². The molecule has 59 heavy (non-hydrogen) atoms. The molecule has 0 unspecified atom stereocenters. The van der Waals surface area contributed by atoms with E-state index in [1.165, 1.54) is 136 Å². The lowest BCUT2D eigenvalue weighted by atomic mass is 9.86. The maximum absolute atomic E-state index is 2.46. The first-order valence-corrected chi connectivity index (χ1v) is 20.6. The van der Waals surface area contributed by atoms with Crippen molar-refractivity contribution in [3.8, 4) is 39.1 Å². The molecule has 14 aromatic rings. The van der Waals surface area contributed by atoms with Crippen molar-refractivity contribution in [1.29, 1.82) is 0 Å². The fourth-order valence-corrected chi connectivity index (χ4v) is 10.8. The summed E-state index contributed by atoms with van der Waals surface area (Å²) >= 11 is 0. The lowest BCUT2D eigenvalue weighted by Gasteiger charge is -2.18. The van der Waals surface area contributed by atoms with Gasteiger partial charge in [0, 0.05) is 16.5 Å². The summed E-state index contributed by atoms with van der Waals surface area (Å²) < 4.78 is 2.46. The molecule has 0 fully saturated rings. The molecule has 0 atom stereocenters. The molecule has 1 heterocycles. The summed E-state index contributed by atoms with van der Waals surface area (Å²) in [5.41, 5.74) is 11.0. The van der Waals surface area contributed by atoms with Gasteiger partial charge >= 0.3 is 0 Å². The third kappa shape index (κ3) is 4.29. The monoisotopic (exact) mass is 743 g/mol. The Balaban J connectivity index is 1.09. The summed E-state index contributed by atoms with van der Waals surface area (Å²) in [6.45, 7) is 0. The van der Waals surface area contributed by atoms with E-state index in [4.69, 9.17) is 0 Å². The Kier molecular flexibility index (Phi) is 6.08. The van der Waals surface area contributed by atoms with Crippen molar-refractivity contribution in [2.24, 2.45) is 0 Å². The van der Waals surface area contributed by atoms with Crippen molar-refractivity contribution in [3.63, 3.8) is 0 Å². The van der Waals surface area contributed by atoms with Gasteiger partial charge in [0.05, 0.1) is 11.0 Å². The highest BCUT2D eigenvalue weighted by atomic mass is 15.0. The first kappa shape index (κ1) is 31.4. The quantitative estimate of drug-likeness (QED) is 0.158. The first-order chi connectivity index (χ1) is 29.2. The molecule has 0 N–H and O–H groups in total. The van der Waals surface area contributed by atoms with Crippen LogP contribution in [0, 0.1) is 0 Å². The molecule has 0 radical (unpaired) electrons. The van der Waals surface area contributed by atoms with Crippen LogP contribution in [0.5, 0.6) is 0 Å². The average molecular weight is 744 g/mol. The van der Waals surface area contributed by atoms with E-state index in [-0.39, 0.29) is 0 Å². The number of aromatic nitrogens is 1. The van der Waals surface area contributed by atoms with Crippen LogP contribution in [0.1, 0.15) is 0 Å². The van der Waals surface area contributed by atoms with Gasteiger partial charge in [0.2, 0.25) is 0 Å². The standard InChI is InChI=1S/C58H33N/c1-2-12-46(13-3-1)59-51-14-6-11-38-19-20-41-29-43(33-52(59)58(41)57(38)51)42-30-44(47-25-21-39-17-15-34-7-4-9-36-23-27-49(47)55(39)53(34)36)32-45(31-42)48-26-22-40-18-16-35-8-5-10-37-24-28-50(48)56(40)54(35)37/h1-33H. The summed E-state index contributed by atoms with van der Waals surface area (Å²) in [7, 11) is 0. The fraction of sp³-hybridized carbons (Fsp3) is 0. The normalized spacial score (nSPS) is 12.4. The Morgan fingerprint density at radius 3 is 1.24 bits per heavy atom. The SMILES string of the molecule is c1ccc(-n2c3cccc4ccc5cc(-c6cc(-c7ccc8ccc9cccc%10ccc7c8c9%10)cc(-c7ccc8ccc9cccc%10ccc7c8c9%10)c6)cc2c5c43)cc1. The first-order valence-electron chi connectivity index (χ1n) is 20.6. The van der Waals surface area contributed by atoms with Crippen LogP contribution in [-0.4, -0.2) is 4.57 Å². The van der Waals surface area contributed by atoms with Gasteiger partial charge in [-0.15, -0.1) is 0 Å². The van der Waals surface area contributed by atoms with Crippen LogP contribution in [0.15, 0.2) is 200 Å². The lowest BCUT2D eigenvalue weighted by Crippen LogP contribution is -1.94. The van der Waals surface area contributed by atoms with E-state index in [2.05, 4.69) is 205 Å². The largest absolute Gasteiger partial charge is 0.309 e. The summed E-state index contributed by atoms with van der Waals surface area (Å²) in [6.07, 6.45) is 0. The number of hydrogen-bond acceptors (Lipinski definition) is 0. The molecule has 0 saturated heterocycles. The molecule has 0 bridgehead atoms. The van der Waals surface area contributed by atoms with Gasteiger partial charge in [-0.25, -0.2) is 0 Å². The molecule has 0 saturated carbocycles. The molecule has 0 amide bonds. The maximum atomic E-state index is 2.46. The second-order valence-corrected chi connectivity index (χ2v) is 16.4. The van der Waals surface area contributed by atoms with E-state index in [0.717, 1.165) is 0 Å². The van der Waals surface area contributed by atoms with Crippen LogP contribution < -0.4 is 0 Å². The second kappa shape index (κ2) is 11.4. The molecule has 0 spiro atoms. The predicted molar refractivity (Wildman–Crippen MR) is 253 cm³/mol. The highest BCUT2D eigenvalue weighted by Gasteiger charge is 2.20. The third-order valence-corrected chi connectivity index (χ3v) is 13.4. The van der Waals surface area contributed by atoms with Crippen molar-refractivity contribution >= 4 is 97.2 Å². The molecule has 1 heteroatoms. The number of benzene rings is 13. The van der Waals surface area contributed by atoms with Gasteiger partial charge in [0.1, 0.15) is 0 Å². The Hall–Kier alpha value is -7.74. The van der Waals surface area contributed by atoms with Gasteiger partial charge < -0.3 is 4.57 Å². The Morgan fingerprint density at radius 2 is 0.661 bits per heavy atom. The molecule has 0 aliphatic carbocycles. The van der Waals surface area contributed by atoms with Crippen LogP contribution >= 0.6 is 0 Å². The highest BCUT2D eigenvalue weighted by Crippen LogP contribution is 2.46. The molecular formula is C58H33N. The minimum atomic E-state index is 1.17. The number of nitrogens with zero attached hydrogens (tertiary/aromatic N) is 1. The van der Waals surface area contributed by atoms with E-state index in [9.17, 15) is 0 Å². The molecule has 0 aliphatic heterocycles. The summed E-state index contributed by atoms with van der Waals surface area (Å²) in [5, 5.41) is 20.8. The van der Waals surface area contributed by atoms with Gasteiger partial charge in [-0.05, 0) is 157 Å². The minimum Gasteiger partial charge on any atom is -0.309 e. The van der Waals surface area contributed by atoms with Crippen LogP contribution in [0.25, 0.3) is 136 Å². The third-order valence-electron chi connectivity index (χ3n) is 13.4. The highest BCUT2D eigenvalue weighted by molar-refractivity contribution is 6.28. The van der Waals surface area contributed by atoms with Crippen LogP contribution in [0.2, 0.25) is 0 Å². The van der Waals surface area contributed by atoms with Crippen molar-refractivity contribution in [3.05, 3.63) is 200 Å². The zero-order valence-electron chi connectivity index (χ0n) is 32.0. The molecule has 14 rings (SSSR count). The van der Waals surface area contributed by atoms with Crippen LogP contribution in [-0.2, 0) is 0 Å². The van der Waals surface area contributed by atoms with Crippen molar-refractivity contribution in [1.82, 2.24) is 4.57 Å².